The Morgan fingerprint density at radius 3 is 2.42 bits per heavy atom. The lowest BCUT2D eigenvalue weighted by molar-refractivity contribution is 0.232. The number of hydrogen-bond acceptors (Lipinski definition) is 6. The quantitative estimate of drug-likeness (QED) is 0.589. The van der Waals surface area contributed by atoms with Crippen LogP contribution in [-0.4, -0.2) is 77.8 Å². The van der Waals surface area contributed by atoms with Gasteiger partial charge in [-0.05, 0) is 6.42 Å². The molecule has 0 aromatic heterocycles. The summed E-state index contributed by atoms with van der Waals surface area (Å²) in [5.74, 6) is -0.118. The number of hydrogen-bond donors (Lipinski definition) is 2. The Balaban J connectivity index is 1.81. The van der Waals surface area contributed by atoms with Crippen molar-refractivity contribution in [2.75, 3.05) is 44.7 Å². The standard InChI is InChI=1S/C10H21N3O4S2/c1-18(14,15)12-4-7-19(16,17)10-8-9(10)13-5-2-11-3-6-13/h9-12H,2-8H2,1H3. The Morgan fingerprint density at radius 1 is 1.21 bits per heavy atom. The highest BCUT2D eigenvalue weighted by Crippen LogP contribution is 2.35. The molecular formula is C10H21N3O4S2. The van der Waals surface area contributed by atoms with Gasteiger partial charge in [-0.25, -0.2) is 21.6 Å². The van der Waals surface area contributed by atoms with E-state index in [-0.39, 0.29) is 23.6 Å². The molecule has 2 fully saturated rings. The van der Waals surface area contributed by atoms with E-state index in [1.54, 1.807) is 0 Å². The highest BCUT2D eigenvalue weighted by Gasteiger charge is 2.49. The molecule has 0 radical (unpaired) electrons. The van der Waals surface area contributed by atoms with E-state index in [1.165, 1.54) is 0 Å². The zero-order valence-electron chi connectivity index (χ0n) is 11.0. The minimum Gasteiger partial charge on any atom is -0.314 e. The molecule has 1 heterocycles. The SMILES string of the molecule is CS(=O)(=O)NCCS(=O)(=O)C1CC1N1CCNCC1. The van der Waals surface area contributed by atoms with Crippen LogP contribution < -0.4 is 10.0 Å². The largest absolute Gasteiger partial charge is 0.314 e. The third kappa shape index (κ3) is 4.38. The third-order valence-corrected chi connectivity index (χ3v) is 6.46. The number of sulfonamides is 1. The maximum Gasteiger partial charge on any atom is 0.208 e. The summed E-state index contributed by atoms with van der Waals surface area (Å²) >= 11 is 0. The highest BCUT2D eigenvalue weighted by atomic mass is 32.2. The van der Waals surface area contributed by atoms with E-state index in [1.807, 2.05) is 0 Å². The summed E-state index contributed by atoms with van der Waals surface area (Å²) in [4.78, 5) is 2.21. The van der Waals surface area contributed by atoms with Crippen LogP contribution in [0.2, 0.25) is 0 Å². The molecule has 0 amide bonds. The van der Waals surface area contributed by atoms with E-state index in [0.717, 1.165) is 32.4 Å². The first-order valence-corrected chi connectivity index (χ1v) is 10.0. The second kappa shape index (κ2) is 5.65. The molecular weight excluding hydrogens is 290 g/mol. The van der Waals surface area contributed by atoms with Crippen LogP contribution >= 0.6 is 0 Å². The van der Waals surface area contributed by atoms with E-state index in [4.69, 9.17) is 0 Å². The van der Waals surface area contributed by atoms with Crippen LogP contribution in [-0.2, 0) is 19.9 Å². The first kappa shape index (κ1) is 15.2. The van der Waals surface area contributed by atoms with Gasteiger partial charge in [-0.3, -0.25) is 4.90 Å². The second-order valence-electron chi connectivity index (χ2n) is 5.16. The highest BCUT2D eigenvalue weighted by molar-refractivity contribution is 7.92. The Bertz CT molecular complexity index is 511. The van der Waals surface area contributed by atoms with E-state index >= 15 is 0 Å². The van der Waals surface area contributed by atoms with Crippen molar-refractivity contribution in [2.24, 2.45) is 0 Å². The summed E-state index contributed by atoms with van der Waals surface area (Å²) in [5, 5.41) is 2.92. The molecule has 2 aliphatic rings. The van der Waals surface area contributed by atoms with Gasteiger partial charge in [0.15, 0.2) is 9.84 Å². The fourth-order valence-electron chi connectivity index (χ4n) is 2.46. The Morgan fingerprint density at radius 2 is 1.84 bits per heavy atom. The minimum atomic E-state index is -3.32. The number of rotatable bonds is 6. The van der Waals surface area contributed by atoms with Crippen molar-refractivity contribution in [1.82, 2.24) is 14.9 Å². The van der Waals surface area contributed by atoms with Gasteiger partial charge in [-0.15, -0.1) is 0 Å². The van der Waals surface area contributed by atoms with Crippen LogP contribution in [0.3, 0.4) is 0 Å². The molecule has 2 unspecified atom stereocenters. The number of nitrogens with one attached hydrogen (secondary N) is 2. The molecule has 1 aliphatic heterocycles. The molecule has 1 aliphatic carbocycles. The lowest BCUT2D eigenvalue weighted by Crippen LogP contribution is -2.46. The minimum absolute atomic E-state index is 0.0358. The number of sulfone groups is 1. The number of nitrogens with zero attached hydrogens (tertiary/aromatic N) is 1. The lowest BCUT2D eigenvalue weighted by Gasteiger charge is -2.27. The van der Waals surface area contributed by atoms with E-state index in [9.17, 15) is 16.8 Å². The molecule has 2 atom stereocenters. The topological polar surface area (TPSA) is 95.6 Å². The van der Waals surface area contributed by atoms with Gasteiger partial charge >= 0.3 is 0 Å². The normalized spacial score (nSPS) is 29.3. The van der Waals surface area contributed by atoms with Crippen LogP contribution in [0.5, 0.6) is 0 Å². The zero-order valence-corrected chi connectivity index (χ0v) is 12.6. The van der Waals surface area contributed by atoms with Crippen molar-refractivity contribution in [2.45, 2.75) is 17.7 Å². The monoisotopic (exact) mass is 311 g/mol. The molecule has 9 heteroatoms. The van der Waals surface area contributed by atoms with E-state index < -0.39 is 19.9 Å². The van der Waals surface area contributed by atoms with Crippen molar-refractivity contribution in [3.8, 4) is 0 Å². The van der Waals surface area contributed by atoms with Gasteiger partial charge in [-0.2, -0.15) is 0 Å². The Hall–Kier alpha value is -0.220. The van der Waals surface area contributed by atoms with Gasteiger partial charge in [0.05, 0.1) is 17.3 Å². The average molecular weight is 311 g/mol. The first-order chi connectivity index (χ1) is 8.80. The van der Waals surface area contributed by atoms with Crippen molar-refractivity contribution in [3.05, 3.63) is 0 Å². The Kier molecular flexibility index (Phi) is 4.51. The molecule has 112 valence electrons. The molecule has 0 aromatic carbocycles. The summed E-state index contributed by atoms with van der Waals surface area (Å²) < 4.78 is 48.1. The van der Waals surface area contributed by atoms with Gasteiger partial charge < -0.3 is 5.32 Å². The van der Waals surface area contributed by atoms with Gasteiger partial charge in [0.25, 0.3) is 0 Å². The molecule has 7 nitrogen and oxygen atoms in total. The summed E-state index contributed by atoms with van der Waals surface area (Å²) in [6.45, 7) is 3.54. The van der Waals surface area contributed by atoms with Crippen LogP contribution in [0.1, 0.15) is 6.42 Å². The van der Waals surface area contributed by atoms with Gasteiger partial charge in [0, 0.05) is 38.8 Å². The second-order valence-corrected chi connectivity index (χ2v) is 9.33. The maximum absolute atomic E-state index is 12.1. The molecule has 0 aromatic rings. The van der Waals surface area contributed by atoms with E-state index in [0.29, 0.717) is 6.42 Å². The fourth-order valence-corrected chi connectivity index (χ4v) is 4.90. The molecule has 0 bridgehead atoms. The van der Waals surface area contributed by atoms with Crippen LogP contribution in [0.4, 0.5) is 0 Å². The number of piperazine rings is 1. The average Bonchev–Trinajstić information content (AvgIpc) is 3.08. The van der Waals surface area contributed by atoms with Crippen molar-refractivity contribution < 1.29 is 16.8 Å². The lowest BCUT2D eigenvalue weighted by atomic mass is 10.3. The fraction of sp³-hybridized carbons (Fsp3) is 1.00. The van der Waals surface area contributed by atoms with Gasteiger partial charge in [0.1, 0.15) is 0 Å². The Labute approximate surface area is 114 Å². The van der Waals surface area contributed by atoms with Crippen molar-refractivity contribution >= 4 is 19.9 Å². The molecule has 1 saturated heterocycles. The predicted octanol–water partition coefficient (Wildman–Crippen LogP) is -2.00. The van der Waals surface area contributed by atoms with Gasteiger partial charge in [-0.1, -0.05) is 0 Å². The van der Waals surface area contributed by atoms with Crippen LogP contribution in [0, 0.1) is 0 Å². The smallest absolute Gasteiger partial charge is 0.208 e. The maximum atomic E-state index is 12.1. The molecule has 19 heavy (non-hydrogen) atoms. The van der Waals surface area contributed by atoms with Gasteiger partial charge in [0.2, 0.25) is 10.0 Å². The zero-order chi connectivity index (χ0) is 14.1. The van der Waals surface area contributed by atoms with Crippen LogP contribution in [0.25, 0.3) is 0 Å². The molecule has 2 N–H and O–H groups in total. The van der Waals surface area contributed by atoms with Crippen molar-refractivity contribution in [1.29, 1.82) is 0 Å². The summed E-state index contributed by atoms with van der Waals surface area (Å²) in [7, 11) is -6.52. The van der Waals surface area contributed by atoms with Crippen molar-refractivity contribution in [3.63, 3.8) is 0 Å². The first-order valence-electron chi connectivity index (χ1n) is 6.40. The molecule has 2 rings (SSSR count). The molecule has 0 spiro atoms. The summed E-state index contributed by atoms with van der Waals surface area (Å²) in [5.41, 5.74) is 0. The summed E-state index contributed by atoms with van der Waals surface area (Å²) in [6.07, 6.45) is 1.71. The summed E-state index contributed by atoms with van der Waals surface area (Å²) in [6, 6.07) is 0.130. The predicted molar refractivity (Wildman–Crippen MR) is 73.3 cm³/mol. The molecule has 1 saturated carbocycles. The third-order valence-electron chi connectivity index (χ3n) is 3.53. The van der Waals surface area contributed by atoms with E-state index in [2.05, 4.69) is 14.9 Å². The van der Waals surface area contributed by atoms with Crippen LogP contribution in [0.15, 0.2) is 0 Å².